The highest BCUT2D eigenvalue weighted by molar-refractivity contribution is 7.92. The molecule has 0 radical (unpaired) electrons. The quantitative estimate of drug-likeness (QED) is 0.528. The minimum absolute atomic E-state index is 0.129. The SMILES string of the molecule is COc1cccc(N(CCCC(=O)N2CCc3cc(S(=O)(=O)N(C)C)ccc32)S(C)(=O)=O)c1. The van der Waals surface area contributed by atoms with Gasteiger partial charge in [0.25, 0.3) is 0 Å². The molecule has 1 aliphatic heterocycles. The topological polar surface area (TPSA) is 104 Å². The van der Waals surface area contributed by atoms with Crippen LogP contribution in [0.3, 0.4) is 0 Å². The predicted octanol–water partition coefficient (Wildman–Crippen LogP) is 2.08. The number of hydrogen-bond donors (Lipinski definition) is 0. The largest absolute Gasteiger partial charge is 0.497 e. The number of carbonyl (C=O) groups excluding carboxylic acids is 1. The van der Waals surface area contributed by atoms with Gasteiger partial charge in [-0.05, 0) is 48.7 Å². The number of fused-ring (bicyclic) bond motifs is 1. The zero-order valence-corrected chi connectivity index (χ0v) is 20.8. The van der Waals surface area contributed by atoms with E-state index in [-0.39, 0.29) is 23.8 Å². The molecule has 0 fully saturated rings. The van der Waals surface area contributed by atoms with Gasteiger partial charge < -0.3 is 9.64 Å². The van der Waals surface area contributed by atoms with Crippen LogP contribution in [-0.2, 0) is 31.3 Å². The molecule has 11 heteroatoms. The highest BCUT2D eigenvalue weighted by atomic mass is 32.2. The Balaban J connectivity index is 1.69. The molecule has 2 aromatic rings. The maximum absolute atomic E-state index is 12.9. The summed E-state index contributed by atoms with van der Waals surface area (Å²) in [6.45, 7) is 0.615. The molecular formula is C22H29N3O6S2. The zero-order valence-electron chi connectivity index (χ0n) is 19.2. The van der Waals surface area contributed by atoms with Crippen LogP contribution in [0.1, 0.15) is 18.4 Å². The van der Waals surface area contributed by atoms with Gasteiger partial charge in [-0.15, -0.1) is 0 Å². The van der Waals surface area contributed by atoms with Crippen molar-refractivity contribution in [2.75, 3.05) is 49.8 Å². The van der Waals surface area contributed by atoms with Gasteiger partial charge in [-0.2, -0.15) is 0 Å². The lowest BCUT2D eigenvalue weighted by Gasteiger charge is -2.23. The number of ether oxygens (including phenoxy) is 1. The summed E-state index contributed by atoms with van der Waals surface area (Å²) >= 11 is 0. The average molecular weight is 496 g/mol. The molecule has 1 heterocycles. The van der Waals surface area contributed by atoms with E-state index in [4.69, 9.17) is 4.74 Å². The third-order valence-electron chi connectivity index (χ3n) is 5.52. The first-order chi connectivity index (χ1) is 15.4. The Hall–Kier alpha value is -2.63. The van der Waals surface area contributed by atoms with E-state index < -0.39 is 20.0 Å². The van der Waals surface area contributed by atoms with Crippen LogP contribution in [0.4, 0.5) is 11.4 Å². The van der Waals surface area contributed by atoms with Crippen molar-refractivity contribution in [3.63, 3.8) is 0 Å². The first kappa shape index (κ1) is 25.0. The van der Waals surface area contributed by atoms with Gasteiger partial charge in [-0.3, -0.25) is 9.10 Å². The van der Waals surface area contributed by atoms with E-state index in [1.54, 1.807) is 41.3 Å². The van der Waals surface area contributed by atoms with Crippen LogP contribution in [-0.4, -0.2) is 67.6 Å². The molecule has 180 valence electrons. The Labute approximate surface area is 195 Å². The van der Waals surface area contributed by atoms with Crippen LogP contribution in [0.2, 0.25) is 0 Å². The van der Waals surface area contributed by atoms with Crippen molar-refractivity contribution < 1.29 is 26.4 Å². The maximum Gasteiger partial charge on any atom is 0.242 e. The van der Waals surface area contributed by atoms with Crippen LogP contribution in [0.15, 0.2) is 47.4 Å². The summed E-state index contributed by atoms with van der Waals surface area (Å²) in [7, 11) is -2.63. The highest BCUT2D eigenvalue weighted by Crippen LogP contribution is 2.31. The molecule has 2 aromatic carbocycles. The van der Waals surface area contributed by atoms with Crippen LogP contribution < -0.4 is 13.9 Å². The van der Waals surface area contributed by atoms with Gasteiger partial charge in [0.15, 0.2) is 0 Å². The molecule has 9 nitrogen and oxygen atoms in total. The van der Waals surface area contributed by atoms with Crippen molar-refractivity contribution >= 4 is 37.3 Å². The van der Waals surface area contributed by atoms with E-state index in [9.17, 15) is 21.6 Å². The van der Waals surface area contributed by atoms with Crippen molar-refractivity contribution in [2.24, 2.45) is 0 Å². The van der Waals surface area contributed by atoms with Gasteiger partial charge in [-0.25, -0.2) is 21.1 Å². The van der Waals surface area contributed by atoms with Gasteiger partial charge in [0, 0.05) is 45.4 Å². The molecule has 0 spiro atoms. The average Bonchev–Trinajstić information content (AvgIpc) is 3.19. The van der Waals surface area contributed by atoms with E-state index in [1.165, 1.54) is 31.6 Å². The summed E-state index contributed by atoms with van der Waals surface area (Å²) in [6.07, 6.45) is 2.19. The van der Waals surface area contributed by atoms with Crippen molar-refractivity contribution in [1.29, 1.82) is 0 Å². The molecule has 0 unspecified atom stereocenters. The van der Waals surface area contributed by atoms with Gasteiger partial charge in [0.05, 0.1) is 23.9 Å². The summed E-state index contributed by atoms with van der Waals surface area (Å²) in [5.41, 5.74) is 1.98. The first-order valence-electron chi connectivity index (χ1n) is 10.4. The molecule has 0 saturated heterocycles. The normalized spacial score (nSPS) is 13.8. The number of carbonyl (C=O) groups is 1. The van der Waals surface area contributed by atoms with Crippen molar-refractivity contribution in [2.45, 2.75) is 24.2 Å². The maximum atomic E-state index is 12.9. The Morgan fingerprint density at radius 1 is 1.09 bits per heavy atom. The number of nitrogens with zero attached hydrogens (tertiary/aromatic N) is 3. The molecule has 33 heavy (non-hydrogen) atoms. The molecule has 0 aromatic heterocycles. The molecule has 0 N–H and O–H groups in total. The van der Waals surface area contributed by atoms with Gasteiger partial charge in [-0.1, -0.05) is 6.07 Å². The molecule has 0 aliphatic carbocycles. The molecule has 1 aliphatic rings. The monoisotopic (exact) mass is 495 g/mol. The van der Waals surface area contributed by atoms with Gasteiger partial charge in [0.2, 0.25) is 26.0 Å². The lowest BCUT2D eigenvalue weighted by atomic mass is 10.2. The molecule has 1 amide bonds. The zero-order chi connectivity index (χ0) is 24.4. The second kappa shape index (κ2) is 9.70. The number of benzene rings is 2. The fourth-order valence-electron chi connectivity index (χ4n) is 3.77. The fourth-order valence-corrected chi connectivity index (χ4v) is 5.68. The summed E-state index contributed by atoms with van der Waals surface area (Å²) < 4.78 is 57.0. The number of rotatable bonds is 9. The number of sulfonamides is 2. The van der Waals surface area contributed by atoms with E-state index in [2.05, 4.69) is 0 Å². The number of hydrogen-bond acceptors (Lipinski definition) is 6. The van der Waals surface area contributed by atoms with Crippen LogP contribution >= 0.6 is 0 Å². The smallest absolute Gasteiger partial charge is 0.242 e. The summed E-state index contributed by atoms with van der Waals surface area (Å²) in [5, 5.41) is 0. The molecule has 0 atom stereocenters. The van der Waals surface area contributed by atoms with E-state index in [1.807, 2.05) is 0 Å². The minimum atomic E-state index is -3.55. The predicted molar refractivity (Wildman–Crippen MR) is 128 cm³/mol. The third-order valence-corrected chi connectivity index (χ3v) is 8.52. The lowest BCUT2D eigenvalue weighted by Crippen LogP contribution is -2.33. The van der Waals surface area contributed by atoms with E-state index >= 15 is 0 Å². The van der Waals surface area contributed by atoms with E-state index in [0.29, 0.717) is 36.5 Å². The van der Waals surface area contributed by atoms with E-state index in [0.717, 1.165) is 16.1 Å². The van der Waals surface area contributed by atoms with Crippen LogP contribution in [0, 0.1) is 0 Å². The third kappa shape index (κ3) is 5.48. The number of methoxy groups -OCH3 is 1. The minimum Gasteiger partial charge on any atom is -0.497 e. The second-order valence-corrected chi connectivity index (χ2v) is 12.1. The van der Waals surface area contributed by atoms with Crippen molar-refractivity contribution in [3.8, 4) is 5.75 Å². The number of anilines is 2. The van der Waals surface area contributed by atoms with Gasteiger partial charge in [0.1, 0.15) is 5.75 Å². The Morgan fingerprint density at radius 3 is 2.45 bits per heavy atom. The second-order valence-electron chi connectivity index (χ2n) is 8.01. The Morgan fingerprint density at radius 2 is 1.82 bits per heavy atom. The molecule has 0 bridgehead atoms. The Bertz CT molecular complexity index is 1240. The van der Waals surface area contributed by atoms with Crippen LogP contribution in [0.25, 0.3) is 0 Å². The van der Waals surface area contributed by atoms with Crippen molar-refractivity contribution in [3.05, 3.63) is 48.0 Å². The molecular weight excluding hydrogens is 466 g/mol. The summed E-state index contributed by atoms with van der Waals surface area (Å²) in [6, 6.07) is 11.5. The molecule has 3 rings (SSSR count). The fraction of sp³-hybridized carbons (Fsp3) is 0.409. The van der Waals surface area contributed by atoms with Crippen LogP contribution in [0.5, 0.6) is 5.75 Å². The van der Waals surface area contributed by atoms with Crippen molar-refractivity contribution in [1.82, 2.24) is 4.31 Å². The van der Waals surface area contributed by atoms with Gasteiger partial charge >= 0.3 is 0 Å². The summed E-state index contributed by atoms with van der Waals surface area (Å²) in [5.74, 6) is 0.414. The lowest BCUT2D eigenvalue weighted by molar-refractivity contribution is -0.118. The highest BCUT2D eigenvalue weighted by Gasteiger charge is 2.27. The summed E-state index contributed by atoms with van der Waals surface area (Å²) in [4.78, 5) is 14.7. The molecule has 0 saturated carbocycles. The standard InChI is InChI=1S/C22H29N3O6S2/c1-23(2)33(29,30)20-10-11-21-17(15-20)12-14-24(21)22(26)9-6-13-25(32(4,27)28)18-7-5-8-19(16-18)31-3/h5,7-8,10-11,15-16H,6,9,12-14H2,1-4H3. The number of amides is 1. The Kier molecular flexibility index (Phi) is 7.35. The first-order valence-corrected chi connectivity index (χ1v) is 13.7.